The van der Waals surface area contributed by atoms with Crippen LogP contribution in [-0.4, -0.2) is 38.0 Å². The Hall–Kier alpha value is -1.88. The van der Waals surface area contributed by atoms with Crippen molar-refractivity contribution >= 4 is 17.5 Å². The van der Waals surface area contributed by atoms with Crippen LogP contribution >= 0.6 is 0 Å². The van der Waals surface area contributed by atoms with Crippen molar-refractivity contribution in [3.63, 3.8) is 0 Å². The predicted molar refractivity (Wildman–Crippen MR) is 93.7 cm³/mol. The number of nitrogens with one attached hydrogen (secondary N) is 3. The molecule has 1 aromatic carbocycles. The normalized spacial score (nSPS) is 13.3. The Morgan fingerprint density at radius 1 is 1.17 bits per heavy atom. The zero-order chi connectivity index (χ0) is 17.4. The highest BCUT2D eigenvalue weighted by Gasteiger charge is 2.16. The van der Waals surface area contributed by atoms with Gasteiger partial charge in [-0.2, -0.15) is 0 Å². The standard InChI is InChI=1S/C18H29N3O2/c1-6-8-14(3)19-17(22)11-21(5)12-18(23)20-16-10-7-9-13(2)15(16)4/h7,9-10,14H,6,8,11-12H2,1-5H3,(H,19,22)(H,20,23)/p+1/t14-/m1/s1. The minimum Gasteiger partial charge on any atom is -0.349 e. The maximum atomic E-state index is 12.1. The molecule has 0 aliphatic heterocycles. The number of likely N-dealkylation sites (N-methyl/N-ethyl adjacent to an activating group) is 1. The van der Waals surface area contributed by atoms with Crippen LogP contribution in [-0.2, 0) is 9.59 Å². The molecule has 128 valence electrons. The molecule has 0 radical (unpaired) electrons. The molecule has 0 fully saturated rings. The highest BCUT2D eigenvalue weighted by atomic mass is 16.2. The average molecular weight is 320 g/mol. The molecule has 5 nitrogen and oxygen atoms in total. The van der Waals surface area contributed by atoms with Gasteiger partial charge in [0, 0.05) is 11.7 Å². The first-order chi connectivity index (χ1) is 10.8. The molecule has 0 aromatic heterocycles. The molecule has 23 heavy (non-hydrogen) atoms. The predicted octanol–water partition coefficient (Wildman–Crippen LogP) is 1.06. The molecular weight excluding hydrogens is 290 g/mol. The number of anilines is 1. The number of hydrogen-bond donors (Lipinski definition) is 3. The fourth-order valence-corrected chi connectivity index (χ4v) is 2.52. The summed E-state index contributed by atoms with van der Waals surface area (Å²) in [5.74, 6) is -0.0893. The van der Waals surface area contributed by atoms with Crippen molar-refractivity contribution in [3.05, 3.63) is 29.3 Å². The largest absolute Gasteiger partial charge is 0.349 e. The van der Waals surface area contributed by atoms with E-state index in [-0.39, 0.29) is 24.4 Å². The molecule has 0 aliphatic rings. The van der Waals surface area contributed by atoms with Crippen LogP contribution in [0.15, 0.2) is 18.2 Å². The first kappa shape index (κ1) is 19.2. The van der Waals surface area contributed by atoms with E-state index in [2.05, 4.69) is 17.6 Å². The van der Waals surface area contributed by atoms with E-state index in [4.69, 9.17) is 0 Å². The van der Waals surface area contributed by atoms with Crippen LogP contribution in [0.4, 0.5) is 5.69 Å². The second-order valence-corrected chi connectivity index (χ2v) is 6.36. The number of amides is 2. The van der Waals surface area contributed by atoms with E-state index in [1.807, 2.05) is 46.0 Å². The number of hydrogen-bond acceptors (Lipinski definition) is 2. The zero-order valence-corrected chi connectivity index (χ0v) is 15.0. The molecule has 1 rings (SSSR count). The Morgan fingerprint density at radius 2 is 1.83 bits per heavy atom. The lowest BCUT2D eigenvalue weighted by Gasteiger charge is -2.17. The molecule has 5 heteroatoms. The molecule has 0 bridgehead atoms. The minimum absolute atomic E-state index is 0.0111. The summed E-state index contributed by atoms with van der Waals surface area (Å²) in [6.07, 6.45) is 2.01. The van der Waals surface area contributed by atoms with E-state index >= 15 is 0 Å². The maximum absolute atomic E-state index is 12.1. The molecule has 3 N–H and O–H groups in total. The molecule has 0 spiro atoms. The van der Waals surface area contributed by atoms with Crippen LogP contribution in [0, 0.1) is 13.8 Å². The van der Waals surface area contributed by atoms with Gasteiger partial charge in [0.25, 0.3) is 11.8 Å². The van der Waals surface area contributed by atoms with Crippen LogP contribution < -0.4 is 15.5 Å². The van der Waals surface area contributed by atoms with Gasteiger partial charge in [0.05, 0.1) is 7.05 Å². The summed E-state index contributed by atoms with van der Waals surface area (Å²) < 4.78 is 0. The lowest BCUT2D eigenvalue weighted by molar-refractivity contribution is -0.862. The van der Waals surface area contributed by atoms with Crippen molar-refractivity contribution in [2.75, 3.05) is 25.5 Å². The molecule has 2 atom stereocenters. The van der Waals surface area contributed by atoms with Crippen molar-refractivity contribution in [2.45, 2.75) is 46.6 Å². The number of rotatable bonds is 8. The van der Waals surface area contributed by atoms with Gasteiger partial charge in [-0.3, -0.25) is 9.59 Å². The van der Waals surface area contributed by atoms with Gasteiger partial charge in [-0.05, 0) is 44.4 Å². The first-order valence-corrected chi connectivity index (χ1v) is 8.30. The van der Waals surface area contributed by atoms with Crippen molar-refractivity contribution < 1.29 is 14.5 Å². The molecule has 1 unspecified atom stereocenters. The Labute approximate surface area is 139 Å². The first-order valence-electron chi connectivity index (χ1n) is 8.30. The molecule has 0 heterocycles. The quantitative estimate of drug-likeness (QED) is 0.671. The van der Waals surface area contributed by atoms with E-state index in [9.17, 15) is 9.59 Å². The second kappa shape index (κ2) is 9.30. The van der Waals surface area contributed by atoms with Crippen LogP contribution in [0.3, 0.4) is 0 Å². The number of quaternary nitrogens is 1. The lowest BCUT2D eigenvalue weighted by Crippen LogP contribution is -3.11. The summed E-state index contributed by atoms with van der Waals surface area (Å²) in [7, 11) is 1.85. The highest BCUT2D eigenvalue weighted by Crippen LogP contribution is 2.17. The van der Waals surface area contributed by atoms with Gasteiger partial charge >= 0.3 is 0 Å². The van der Waals surface area contributed by atoms with Gasteiger partial charge in [0.1, 0.15) is 0 Å². The van der Waals surface area contributed by atoms with Crippen molar-refractivity contribution in [1.29, 1.82) is 0 Å². The number of carbonyl (C=O) groups excluding carboxylic acids is 2. The third kappa shape index (κ3) is 6.82. The van der Waals surface area contributed by atoms with E-state index in [1.165, 1.54) is 0 Å². The molecule has 0 saturated carbocycles. The topological polar surface area (TPSA) is 62.6 Å². The molecule has 2 amide bonds. The Kier molecular flexibility index (Phi) is 7.75. The highest BCUT2D eigenvalue weighted by molar-refractivity contribution is 5.92. The molecule has 1 aromatic rings. The van der Waals surface area contributed by atoms with Gasteiger partial charge in [-0.15, -0.1) is 0 Å². The lowest BCUT2D eigenvalue weighted by atomic mass is 10.1. The van der Waals surface area contributed by atoms with Crippen LogP contribution in [0.5, 0.6) is 0 Å². The van der Waals surface area contributed by atoms with Gasteiger partial charge in [0.15, 0.2) is 13.1 Å². The van der Waals surface area contributed by atoms with Crippen LogP contribution in [0.2, 0.25) is 0 Å². The maximum Gasteiger partial charge on any atom is 0.279 e. The SMILES string of the molecule is CCC[C@@H](C)NC(=O)C[NH+](C)CC(=O)Nc1cccc(C)c1C. The molecule has 0 aliphatic carbocycles. The fraction of sp³-hybridized carbons (Fsp3) is 0.556. The summed E-state index contributed by atoms with van der Waals surface area (Å²) in [6, 6.07) is 6.03. The van der Waals surface area contributed by atoms with Gasteiger partial charge in [-0.1, -0.05) is 25.5 Å². The van der Waals surface area contributed by atoms with Gasteiger partial charge in [-0.25, -0.2) is 0 Å². The second-order valence-electron chi connectivity index (χ2n) is 6.36. The van der Waals surface area contributed by atoms with Crippen molar-refractivity contribution in [2.24, 2.45) is 0 Å². The minimum atomic E-state index is -0.0781. The van der Waals surface area contributed by atoms with Crippen molar-refractivity contribution in [3.8, 4) is 0 Å². The summed E-state index contributed by atoms with van der Waals surface area (Å²) >= 11 is 0. The smallest absolute Gasteiger partial charge is 0.279 e. The fourth-order valence-electron chi connectivity index (χ4n) is 2.52. The number of carbonyl (C=O) groups is 2. The Morgan fingerprint density at radius 3 is 2.48 bits per heavy atom. The summed E-state index contributed by atoms with van der Waals surface area (Å²) in [6.45, 7) is 8.67. The van der Waals surface area contributed by atoms with Gasteiger partial charge in [0.2, 0.25) is 0 Å². The summed E-state index contributed by atoms with van der Waals surface area (Å²) in [4.78, 5) is 24.9. The zero-order valence-electron chi connectivity index (χ0n) is 15.0. The third-order valence-electron chi connectivity index (χ3n) is 3.93. The van der Waals surface area contributed by atoms with Crippen molar-refractivity contribution in [1.82, 2.24) is 5.32 Å². The summed E-state index contributed by atoms with van der Waals surface area (Å²) in [5.41, 5.74) is 3.06. The number of aryl methyl sites for hydroxylation is 1. The third-order valence-corrected chi connectivity index (χ3v) is 3.93. The monoisotopic (exact) mass is 320 g/mol. The van der Waals surface area contributed by atoms with E-state index in [0.29, 0.717) is 6.54 Å². The summed E-state index contributed by atoms with van der Waals surface area (Å²) in [5, 5.41) is 5.88. The molecular formula is C18H30N3O2+. The van der Waals surface area contributed by atoms with E-state index < -0.39 is 0 Å². The van der Waals surface area contributed by atoms with E-state index in [0.717, 1.165) is 34.6 Å². The van der Waals surface area contributed by atoms with E-state index in [1.54, 1.807) is 0 Å². The number of benzene rings is 1. The average Bonchev–Trinajstić information content (AvgIpc) is 2.43. The molecule has 0 saturated heterocycles. The van der Waals surface area contributed by atoms with Gasteiger partial charge < -0.3 is 15.5 Å². The Bertz CT molecular complexity index is 543. The Balaban J connectivity index is 2.44. The van der Waals surface area contributed by atoms with Crippen LogP contribution in [0.25, 0.3) is 0 Å². The van der Waals surface area contributed by atoms with Crippen LogP contribution in [0.1, 0.15) is 37.8 Å².